The quantitative estimate of drug-likeness (QED) is 0.558. The van der Waals surface area contributed by atoms with Gasteiger partial charge in [-0.15, -0.1) is 11.3 Å². The number of benzene rings is 1. The number of aromatic nitrogens is 4. The number of nitrogens with one attached hydrogen (secondary N) is 1. The monoisotopic (exact) mass is 403 g/mol. The van der Waals surface area contributed by atoms with Gasteiger partial charge in [-0.25, -0.2) is 4.98 Å². The third-order valence-electron chi connectivity index (χ3n) is 4.05. The van der Waals surface area contributed by atoms with Crippen LogP contribution in [0.15, 0.2) is 54.4 Å². The summed E-state index contributed by atoms with van der Waals surface area (Å²) in [5.74, 6) is -0.245. The van der Waals surface area contributed by atoms with Crippen LogP contribution in [-0.4, -0.2) is 25.5 Å². The van der Waals surface area contributed by atoms with Crippen molar-refractivity contribution in [3.63, 3.8) is 0 Å². The highest BCUT2D eigenvalue weighted by atomic mass is 32.1. The van der Waals surface area contributed by atoms with Gasteiger partial charge in [0, 0.05) is 10.9 Å². The van der Waals surface area contributed by atoms with Crippen LogP contribution in [0.4, 0.5) is 19.0 Å². The Kier molecular flexibility index (Phi) is 4.55. The van der Waals surface area contributed by atoms with Crippen LogP contribution in [-0.2, 0) is 17.4 Å². The molecule has 6 nitrogen and oxygen atoms in total. The minimum atomic E-state index is -4.48. The van der Waals surface area contributed by atoms with Crippen LogP contribution in [0.2, 0.25) is 0 Å². The standard InChI is InChI=1S/C18H12F3N5OS/c19-18(20,21)14-9-28-17-16(22-10-26(14)17)25-15(27)7-11-1-3-12(4-2-11)13-5-6-23-24-8-13/h1-6,8-10H,7H2,(H,25,27). The number of carbonyl (C=O) groups excluding carboxylic acids is 1. The predicted octanol–water partition coefficient (Wildman–Crippen LogP) is 4.05. The lowest BCUT2D eigenvalue weighted by Gasteiger charge is -2.05. The molecule has 0 fully saturated rings. The van der Waals surface area contributed by atoms with Gasteiger partial charge in [0.05, 0.1) is 18.8 Å². The summed E-state index contributed by atoms with van der Waals surface area (Å²) in [6.07, 6.45) is -0.113. The number of amides is 1. The van der Waals surface area contributed by atoms with Gasteiger partial charge in [0.1, 0.15) is 16.9 Å². The van der Waals surface area contributed by atoms with Crippen LogP contribution in [0.1, 0.15) is 11.3 Å². The maximum Gasteiger partial charge on any atom is 0.432 e. The largest absolute Gasteiger partial charge is 0.432 e. The molecule has 10 heteroatoms. The molecule has 1 N–H and O–H groups in total. The molecule has 0 saturated heterocycles. The van der Waals surface area contributed by atoms with Crippen molar-refractivity contribution in [2.75, 3.05) is 5.32 Å². The van der Waals surface area contributed by atoms with Crippen molar-refractivity contribution in [1.29, 1.82) is 0 Å². The van der Waals surface area contributed by atoms with E-state index >= 15 is 0 Å². The van der Waals surface area contributed by atoms with Crippen LogP contribution in [0.5, 0.6) is 0 Å². The van der Waals surface area contributed by atoms with Crippen LogP contribution < -0.4 is 5.32 Å². The molecule has 3 heterocycles. The molecule has 0 unspecified atom stereocenters. The number of imidazole rings is 1. The second-order valence-electron chi connectivity index (χ2n) is 5.94. The number of rotatable bonds is 4. The van der Waals surface area contributed by atoms with E-state index in [0.29, 0.717) is 0 Å². The lowest BCUT2D eigenvalue weighted by Crippen LogP contribution is -2.14. The van der Waals surface area contributed by atoms with Gasteiger partial charge in [0.25, 0.3) is 0 Å². The molecule has 4 rings (SSSR count). The number of hydrogen-bond acceptors (Lipinski definition) is 5. The molecular formula is C18H12F3N5OS. The highest BCUT2D eigenvalue weighted by molar-refractivity contribution is 7.16. The van der Waals surface area contributed by atoms with Gasteiger partial charge in [-0.2, -0.15) is 23.4 Å². The summed E-state index contributed by atoms with van der Waals surface area (Å²) in [5, 5.41) is 11.1. The molecule has 1 aromatic carbocycles. The fourth-order valence-corrected chi connectivity index (χ4v) is 3.66. The predicted molar refractivity (Wildman–Crippen MR) is 97.9 cm³/mol. The van der Waals surface area contributed by atoms with Crippen LogP contribution in [0.3, 0.4) is 0 Å². The third-order valence-corrected chi connectivity index (χ3v) is 5.00. The van der Waals surface area contributed by atoms with Crippen molar-refractivity contribution in [3.05, 3.63) is 65.7 Å². The average Bonchev–Trinajstić information content (AvgIpc) is 3.26. The number of anilines is 1. The molecule has 28 heavy (non-hydrogen) atoms. The fraction of sp³-hybridized carbons (Fsp3) is 0.111. The number of halogens is 3. The lowest BCUT2D eigenvalue weighted by molar-refractivity contribution is -0.141. The van der Waals surface area contributed by atoms with Crippen molar-refractivity contribution >= 4 is 27.9 Å². The van der Waals surface area contributed by atoms with Gasteiger partial charge in [-0.05, 0) is 17.2 Å². The van der Waals surface area contributed by atoms with Crippen LogP contribution in [0.25, 0.3) is 16.0 Å². The Labute approximate surface area is 160 Å². The van der Waals surface area contributed by atoms with Gasteiger partial charge >= 0.3 is 6.18 Å². The maximum absolute atomic E-state index is 12.9. The molecule has 0 saturated carbocycles. The average molecular weight is 403 g/mol. The van der Waals surface area contributed by atoms with E-state index in [2.05, 4.69) is 20.5 Å². The molecule has 0 aliphatic rings. The number of thiazole rings is 1. The van der Waals surface area contributed by atoms with Gasteiger partial charge in [0.2, 0.25) is 5.91 Å². The SMILES string of the molecule is O=C(Cc1ccc(-c2ccnnc2)cc1)Nc1ncn2c(C(F)(F)F)csc12. The molecule has 0 bridgehead atoms. The Morgan fingerprint density at radius 1 is 1.11 bits per heavy atom. The summed E-state index contributed by atoms with van der Waals surface area (Å²) in [6.45, 7) is 0. The van der Waals surface area contributed by atoms with E-state index in [0.717, 1.165) is 44.1 Å². The molecule has 1 amide bonds. The molecule has 3 aromatic heterocycles. The summed E-state index contributed by atoms with van der Waals surface area (Å²) in [7, 11) is 0. The van der Waals surface area contributed by atoms with E-state index < -0.39 is 11.9 Å². The normalized spacial score (nSPS) is 11.7. The molecule has 0 atom stereocenters. The zero-order valence-corrected chi connectivity index (χ0v) is 15.0. The van der Waals surface area contributed by atoms with Crippen molar-refractivity contribution < 1.29 is 18.0 Å². The minimum Gasteiger partial charge on any atom is -0.308 e. The van der Waals surface area contributed by atoms with E-state index in [-0.39, 0.29) is 23.0 Å². The highest BCUT2D eigenvalue weighted by Gasteiger charge is 2.35. The first kappa shape index (κ1) is 18.1. The Morgan fingerprint density at radius 2 is 1.89 bits per heavy atom. The Morgan fingerprint density at radius 3 is 2.57 bits per heavy atom. The molecule has 4 aromatic rings. The van der Waals surface area contributed by atoms with Crippen molar-refractivity contribution in [2.24, 2.45) is 0 Å². The van der Waals surface area contributed by atoms with Crippen molar-refractivity contribution in [2.45, 2.75) is 12.6 Å². The molecule has 0 spiro atoms. The first-order valence-electron chi connectivity index (χ1n) is 8.09. The molecule has 0 aliphatic carbocycles. The minimum absolute atomic E-state index is 0.0748. The number of alkyl halides is 3. The number of nitrogens with zero attached hydrogens (tertiary/aromatic N) is 4. The Balaban J connectivity index is 1.46. The van der Waals surface area contributed by atoms with E-state index in [4.69, 9.17) is 0 Å². The summed E-state index contributed by atoms with van der Waals surface area (Å²) in [4.78, 5) is 16.4. The van der Waals surface area contributed by atoms with Gasteiger partial charge < -0.3 is 5.32 Å². The summed E-state index contributed by atoms with van der Waals surface area (Å²) < 4.78 is 39.7. The second-order valence-corrected chi connectivity index (χ2v) is 6.80. The van der Waals surface area contributed by atoms with Crippen LogP contribution >= 0.6 is 11.3 Å². The zero-order valence-electron chi connectivity index (χ0n) is 14.1. The highest BCUT2D eigenvalue weighted by Crippen LogP contribution is 2.35. The van der Waals surface area contributed by atoms with Crippen molar-refractivity contribution in [3.8, 4) is 11.1 Å². The van der Waals surface area contributed by atoms with Crippen molar-refractivity contribution in [1.82, 2.24) is 19.6 Å². The van der Waals surface area contributed by atoms with Crippen LogP contribution in [0, 0.1) is 0 Å². The summed E-state index contributed by atoms with van der Waals surface area (Å²) in [5.41, 5.74) is 1.79. The number of hydrogen-bond donors (Lipinski definition) is 1. The summed E-state index contributed by atoms with van der Waals surface area (Å²) >= 11 is 0.877. The Hall–Kier alpha value is -3.27. The topological polar surface area (TPSA) is 72.2 Å². The smallest absolute Gasteiger partial charge is 0.308 e. The number of fused-ring (bicyclic) bond motifs is 1. The Bertz CT molecular complexity index is 1120. The first-order valence-corrected chi connectivity index (χ1v) is 8.97. The molecular weight excluding hydrogens is 391 g/mol. The lowest BCUT2D eigenvalue weighted by atomic mass is 10.0. The van der Waals surface area contributed by atoms with Gasteiger partial charge in [-0.1, -0.05) is 24.3 Å². The zero-order chi connectivity index (χ0) is 19.7. The van der Waals surface area contributed by atoms with E-state index in [1.54, 1.807) is 12.4 Å². The molecule has 0 radical (unpaired) electrons. The molecule has 142 valence electrons. The molecule has 0 aliphatic heterocycles. The number of carbonyl (C=O) groups is 1. The van der Waals surface area contributed by atoms with E-state index in [1.165, 1.54) is 0 Å². The van der Waals surface area contributed by atoms with E-state index in [9.17, 15) is 18.0 Å². The van der Waals surface area contributed by atoms with Gasteiger partial charge in [-0.3, -0.25) is 9.20 Å². The first-order chi connectivity index (χ1) is 13.4. The summed E-state index contributed by atoms with van der Waals surface area (Å²) in [6, 6.07) is 9.18. The van der Waals surface area contributed by atoms with E-state index in [1.807, 2.05) is 30.3 Å². The maximum atomic E-state index is 12.9. The third kappa shape index (κ3) is 3.58. The fourth-order valence-electron chi connectivity index (χ4n) is 2.72. The van der Waals surface area contributed by atoms with Gasteiger partial charge in [0.15, 0.2) is 5.82 Å². The second kappa shape index (κ2) is 7.04.